The van der Waals surface area contributed by atoms with Crippen molar-refractivity contribution in [3.05, 3.63) is 59.9 Å². The number of ether oxygens (including phenoxy) is 1. The average Bonchev–Trinajstić information content (AvgIpc) is 2.90. The smallest absolute Gasteiger partial charge is 0.147 e. The normalized spacial score (nSPS) is 11.3. The summed E-state index contributed by atoms with van der Waals surface area (Å²) in [6.45, 7) is 7.91. The average molecular weight is 294 g/mol. The van der Waals surface area contributed by atoms with E-state index < -0.39 is 0 Å². The van der Waals surface area contributed by atoms with Crippen LogP contribution < -0.4 is 4.74 Å². The number of imidazole rings is 1. The van der Waals surface area contributed by atoms with Crippen LogP contribution in [0.2, 0.25) is 0 Å². The fourth-order valence-corrected chi connectivity index (χ4v) is 2.69. The van der Waals surface area contributed by atoms with Gasteiger partial charge in [-0.2, -0.15) is 0 Å². The summed E-state index contributed by atoms with van der Waals surface area (Å²) in [6, 6.07) is 16.5. The molecule has 0 unspecified atom stereocenters. The van der Waals surface area contributed by atoms with Gasteiger partial charge in [0.2, 0.25) is 0 Å². The minimum Gasteiger partial charge on any atom is -0.486 e. The van der Waals surface area contributed by atoms with Crippen molar-refractivity contribution in [3.8, 4) is 5.75 Å². The molecule has 0 bridgehead atoms. The van der Waals surface area contributed by atoms with Crippen molar-refractivity contribution >= 4 is 11.0 Å². The molecule has 0 aliphatic rings. The Morgan fingerprint density at radius 1 is 1.05 bits per heavy atom. The van der Waals surface area contributed by atoms with Crippen molar-refractivity contribution in [2.75, 3.05) is 0 Å². The van der Waals surface area contributed by atoms with Crippen LogP contribution in [0.15, 0.2) is 48.5 Å². The zero-order valence-electron chi connectivity index (χ0n) is 13.4. The third kappa shape index (κ3) is 2.84. The third-order valence-corrected chi connectivity index (χ3v) is 3.96. The molecule has 0 atom stereocenters. The first-order valence-corrected chi connectivity index (χ1v) is 7.86. The maximum atomic E-state index is 5.92. The van der Waals surface area contributed by atoms with Crippen LogP contribution in [0.3, 0.4) is 0 Å². The Balaban J connectivity index is 1.78. The van der Waals surface area contributed by atoms with E-state index in [4.69, 9.17) is 4.74 Å². The van der Waals surface area contributed by atoms with E-state index in [0.717, 1.165) is 23.6 Å². The monoisotopic (exact) mass is 294 g/mol. The van der Waals surface area contributed by atoms with Gasteiger partial charge in [0.25, 0.3) is 0 Å². The summed E-state index contributed by atoms with van der Waals surface area (Å²) in [5, 5.41) is 0. The SMILES string of the molecule is CCn1c(COc2ccc(C(C)C)cc2)nc2ccccc21. The highest BCUT2D eigenvalue weighted by Gasteiger charge is 2.09. The second-order valence-corrected chi connectivity index (χ2v) is 5.77. The van der Waals surface area contributed by atoms with Crippen LogP contribution in [0.4, 0.5) is 0 Å². The van der Waals surface area contributed by atoms with E-state index in [1.165, 1.54) is 11.1 Å². The molecule has 0 aliphatic carbocycles. The minimum atomic E-state index is 0.490. The summed E-state index contributed by atoms with van der Waals surface area (Å²) < 4.78 is 8.12. The van der Waals surface area contributed by atoms with E-state index in [-0.39, 0.29) is 0 Å². The summed E-state index contributed by atoms with van der Waals surface area (Å²) in [6.07, 6.45) is 0. The number of aryl methyl sites for hydroxylation is 1. The molecule has 0 radical (unpaired) electrons. The van der Waals surface area contributed by atoms with Gasteiger partial charge in [0, 0.05) is 6.54 Å². The van der Waals surface area contributed by atoms with Gasteiger partial charge in [0.1, 0.15) is 18.2 Å². The number of nitrogens with zero attached hydrogens (tertiary/aromatic N) is 2. The van der Waals surface area contributed by atoms with Crippen LogP contribution in [-0.4, -0.2) is 9.55 Å². The summed E-state index contributed by atoms with van der Waals surface area (Å²) in [5.41, 5.74) is 3.52. The molecular formula is C19H22N2O. The fraction of sp³-hybridized carbons (Fsp3) is 0.316. The van der Waals surface area contributed by atoms with E-state index in [2.05, 4.69) is 48.5 Å². The highest BCUT2D eigenvalue weighted by molar-refractivity contribution is 5.75. The molecule has 3 heteroatoms. The molecule has 0 N–H and O–H groups in total. The Hall–Kier alpha value is -2.29. The van der Waals surface area contributed by atoms with Crippen LogP contribution >= 0.6 is 0 Å². The second kappa shape index (κ2) is 6.22. The fourth-order valence-electron chi connectivity index (χ4n) is 2.69. The van der Waals surface area contributed by atoms with Gasteiger partial charge in [-0.05, 0) is 42.7 Å². The van der Waals surface area contributed by atoms with Crippen LogP contribution in [0.5, 0.6) is 5.75 Å². The predicted octanol–water partition coefficient (Wildman–Crippen LogP) is 4.76. The Morgan fingerprint density at radius 3 is 2.45 bits per heavy atom. The molecule has 1 heterocycles. The molecule has 0 amide bonds. The molecule has 0 saturated carbocycles. The lowest BCUT2D eigenvalue weighted by Gasteiger charge is -2.10. The summed E-state index contributed by atoms with van der Waals surface area (Å²) in [4.78, 5) is 4.68. The first kappa shape index (κ1) is 14.6. The van der Waals surface area contributed by atoms with Gasteiger partial charge in [0.15, 0.2) is 0 Å². The Bertz CT molecular complexity index is 757. The van der Waals surface area contributed by atoms with Gasteiger partial charge < -0.3 is 9.30 Å². The molecular weight excluding hydrogens is 272 g/mol. The van der Waals surface area contributed by atoms with E-state index in [9.17, 15) is 0 Å². The minimum absolute atomic E-state index is 0.490. The van der Waals surface area contributed by atoms with E-state index in [1.807, 2.05) is 30.3 Å². The second-order valence-electron chi connectivity index (χ2n) is 5.77. The summed E-state index contributed by atoms with van der Waals surface area (Å²) in [7, 11) is 0. The molecule has 0 fully saturated rings. The lowest BCUT2D eigenvalue weighted by molar-refractivity contribution is 0.290. The highest BCUT2D eigenvalue weighted by Crippen LogP contribution is 2.21. The molecule has 2 aromatic carbocycles. The maximum absolute atomic E-state index is 5.92. The van der Waals surface area contributed by atoms with Crippen molar-refractivity contribution in [2.45, 2.75) is 39.8 Å². The molecule has 3 nitrogen and oxygen atoms in total. The van der Waals surface area contributed by atoms with Gasteiger partial charge in [-0.25, -0.2) is 4.98 Å². The Labute approximate surface area is 131 Å². The lowest BCUT2D eigenvalue weighted by atomic mass is 10.0. The van der Waals surface area contributed by atoms with Crippen molar-refractivity contribution in [2.24, 2.45) is 0 Å². The highest BCUT2D eigenvalue weighted by atomic mass is 16.5. The predicted molar refractivity (Wildman–Crippen MR) is 90.3 cm³/mol. The molecule has 3 rings (SSSR count). The molecule has 1 aromatic heterocycles. The Kier molecular flexibility index (Phi) is 4.14. The molecule has 0 aliphatic heterocycles. The summed E-state index contributed by atoms with van der Waals surface area (Å²) >= 11 is 0. The van der Waals surface area contributed by atoms with E-state index in [1.54, 1.807) is 0 Å². The quantitative estimate of drug-likeness (QED) is 0.678. The molecule has 22 heavy (non-hydrogen) atoms. The number of benzene rings is 2. The third-order valence-electron chi connectivity index (χ3n) is 3.96. The van der Waals surface area contributed by atoms with Gasteiger partial charge in [-0.1, -0.05) is 38.1 Å². The van der Waals surface area contributed by atoms with Crippen molar-refractivity contribution in [1.82, 2.24) is 9.55 Å². The summed E-state index contributed by atoms with van der Waals surface area (Å²) in [5.74, 6) is 2.40. The lowest BCUT2D eigenvalue weighted by Crippen LogP contribution is -2.06. The van der Waals surface area contributed by atoms with Crippen LogP contribution in [0.25, 0.3) is 11.0 Å². The first-order chi connectivity index (χ1) is 10.7. The topological polar surface area (TPSA) is 27.1 Å². The van der Waals surface area contributed by atoms with E-state index >= 15 is 0 Å². The number of aromatic nitrogens is 2. The van der Waals surface area contributed by atoms with Crippen molar-refractivity contribution in [1.29, 1.82) is 0 Å². The Morgan fingerprint density at radius 2 is 1.77 bits per heavy atom. The maximum Gasteiger partial charge on any atom is 0.147 e. The van der Waals surface area contributed by atoms with Crippen molar-refractivity contribution in [3.63, 3.8) is 0 Å². The van der Waals surface area contributed by atoms with Crippen LogP contribution in [0.1, 0.15) is 38.1 Å². The number of hydrogen-bond acceptors (Lipinski definition) is 2. The van der Waals surface area contributed by atoms with Gasteiger partial charge in [0.05, 0.1) is 11.0 Å². The molecule has 3 aromatic rings. The number of hydrogen-bond donors (Lipinski definition) is 0. The molecule has 0 spiro atoms. The van der Waals surface area contributed by atoms with E-state index in [0.29, 0.717) is 12.5 Å². The van der Waals surface area contributed by atoms with Crippen molar-refractivity contribution < 1.29 is 4.74 Å². The number of fused-ring (bicyclic) bond motifs is 1. The standard InChI is InChI=1S/C19H22N2O/c1-4-21-18-8-6-5-7-17(18)20-19(21)13-22-16-11-9-15(10-12-16)14(2)3/h5-12,14H,4,13H2,1-3H3. The van der Waals surface area contributed by atoms with Crippen LogP contribution in [0, 0.1) is 0 Å². The van der Waals surface area contributed by atoms with Gasteiger partial charge in [-0.3, -0.25) is 0 Å². The first-order valence-electron chi connectivity index (χ1n) is 7.86. The number of para-hydroxylation sites is 2. The zero-order chi connectivity index (χ0) is 15.5. The van der Waals surface area contributed by atoms with Gasteiger partial charge in [-0.15, -0.1) is 0 Å². The molecule has 114 valence electrons. The largest absolute Gasteiger partial charge is 0.486 e. The number of rotatable bonds is 5. The zero-order valence-corrected chi connectivity index (χ0v) is 13.4. The van der Waals surface area contributed by atoms with Gasteiger partial charge >= 0.3 is 0 Å². The van der Waals surface area contributed by atoms with Crippen LogP contribution in [-0.2, 0) is 13.2 Å². The molecule has 0 saturated heterocycles.